The summed E-state index contributed by atoms with van der Waals surface area (Å²) in [4.78, 5) is 17.0. The van der Waals surface area contributed by atoms with Gasteiger partial charge in [-0.2, -0.15) is 0 Å². The number of allylic oxidation sites excluding steroid dienone is 4. The molecule has 2 aromatic rings. The Morgan fingerprint density at radius 2 is 1.84 bits per heavy atom. The van der Waals surface area contributed by atoms with Gasteiger partial charge < -0.3 is 10.0 Å². The lowest BCUT2D eigenvalue weighted by Crippen LogP contribution is -2.27. The van der Waals surface area contributed by atoms with Gasteiger partial charge in [-0.15, -0.1) is 0 Å². The lowest BCUT2D eigenvalue weighted by molar-refractivity contribution is -0.137. The van der Waals surface area contributed by atoms with E-state index in [4.69, 9.17) is 5.11 Å². The number of hydrogen-bond acceptors (Lipinski definition) is 3. The van der Waals surface area contributed by atoms with Crippen LogP contribution >= 0.6 is 0 Å². The van der Waals surface area contributed by atoms with Crippen molar-refractivity contribution in [2.24, 2.45) is 4.99 Å². The monoisotopic (exact) mass is 438 g/mol. The fraction of sp³-hybridized carbons (Fsp3) is 0.308. The SMILES string of the molecule is CC1(C)\C(=C/C=C/C=N/c2ccccc2)N(CCCCCC(=O)O)c2cc(F)cc(F)c21. The third-order valence-corrected chi connectivity index (χ3v) is 5.58. The molecule has 3 rings (SSSR count). The summed E-state index contributed by atoms with van der Waals surface area (Å²) in [5.41, 5.74) is 2.07. The van der Waals surface area contributed by atoms with Crippen LogP contribution in [0.4, 0.5) is 20.2 Å². The van der Waals surface area contributed by atoms with Crippen LogP contribution in [-0.2, 0) is 10.2 Å². The second-order valence-electron chi connectivity index (χ2n) is 8.31. The van der Waals surface area contributed by atoms with E-state index in [0.29, 0.717) is 24.2 Å². The number of fused-ring (bicyclic) bond motifs is 1. The van der Waals surface area contributed by atoms with Gasteiger partial charge in [-0.1, -0.05) is 44.5 Å². The minimum Gasteiger partial charge on any atom is -0.481 e. The van der Waals surface area contributed by atoms with E-state index < -0.39 is 23.0 Å². The van der Waals surface area contributed by atoms with Gasteiger partial charge in [0.05, 0.1) is 11.4 Å². The van der Waals surface area contributed by atoms with Crippen LogP contribution in [0.1, 0.15) is 45.1 Å². The molecular weight excluding hydrogens is 410 g/mol. The van der Waals surface area contributed by atoms with E-state index in [1.807, 2.05) is 61.2 Å². The molecule has 0 spiro atoms. The minimum absolute atomic E-state index is 0.123. The first kappa shape index (κ1) is 23.4. The molecule has 0 saturated heterocycles. The second kappa shape index (κ2) is 10.4. The van der Waals surface area contributed by atoms with Gasteiger partial charge in [0, 0.05) is 41.9 Å². The Labute approximate surface area is 187 Å². The first-order chi connectivity index (χ1) is 15.3. The van der Waals surface area contributed by atoms with Gasteiger partial charge in [0.2, 0.25) is 0 Å². The predicted octanol–water partition coefficient (Wildman–Crippen LogP) is 6.55. The first-order valence-corrected chi connectivity index (χ1v) is 10.8. The molecule has 1 N–H and O–H groups in total. The summed E-state index contributed by atoms with van der Waals surface area (Å²) in [7, 11) is 0. The smallest absolute Gasteiger partial charge is 0.303 e. The van der Waals surface area contributed by atoms with Crippen LogP contribution in [0.25, 0.3) is 0 Å². The van der Waals surface area contributed by atoms with Gasteiger partial charge in [0.25, 0.3) is 0 Å². The van der Waals surface area contributed by atoms with Crippen LogP contribution in [-0.4, -0.2) is 23.8 Å². The summed E-state index contributed by atoms with van der Waals surface area (Å²) in [6, 6.07) is 11.9. The molecular formula is C26H28F2N2O2. The van der Waals surface area contributed by atoms with E-state index in [-0.39, 0.29) is 6.42 Å². The number of unbranched alkanes of at least 4 members (excludes halogenated alkanes) is 2. The van der Waals surface area contributed by atoms with Crippen LogP contribution in [0.15, 0.2) is 71.4 Å². The van der Waals surface area contributed by atoms with E-state index in [1.54, 1.807) is 12.3 Å². The van der Waals surface area contributed by atoms with Crippen molar-refractivity contribution in [3.05, 3.63) is 83.6 Å². The highest BCUT2D eigenvalue weighted by Gasteiger charge is 2.42. The number of nitrogens with zero attached hydrogens (tertiary/aromatic N) is 2. The molecule has 0 atom stereocenters. The van der Waals surface area contributed by atoms with Crippen LogP contribution in [0.3, 0.4) is 0 Å². The summed E-state index contributed by atoms with van der Waals surface area (Å²) in [6.07, 6.45) is 9.40. The van der Waals surface area contributed by atoms with Crippen LogP contribution in [0, 0.1) is 11.6 Å². The van der Waals surface area contributed by atoms with E-state index in [2.05, 4.69) is 4.99 Å². The van der Waals surface area contributed by atoms with Crippen molar-refractivity contribution in [2.45, 2.75) is 44.9 Å². The topological polar surface area (TPSA) is 52.9 Å². The van der Waals surface area contributed by atoms with Crippen molar-refractivity contribution in [2.75, 3.05) is 11.4 Å². The number of rotatable bonds is 9. The number of halogens is 2. The number of carboxylic acid groups (broad SMARTS) is 1. The third kappa shape index (κ3) is 5.49. The van der Waals surface area contributed by atoms with Gasteiger partial charge in [-0.3, -0.25) is 9.79 Å². The Bertz CT molecular complexity index is 1040. The molecule has 0 aromatic heterocycles. The predicted molar refractivity (Wildman–Crippen MR) is 125 cm³/mol. The second-order valence-corrected chi connectivity index (χ2v) is 8.31. The van der Waals surface area contributed by atoms with Gasteiger partial charge in [0.1, 0.15) is 11.6 Å². The summed E-state index contributed by atoms with van der Waals surface area (Å²) < 4.78 is 28.8. The number of benzene rings is 2. The van der Waals surface area contributed by atoms with Crippen molar-refractivity contribution in [1.82, 2.24) is 0 Å². The highest BCUT2D eigenvalue weighted by molar-refractivity contribution is 5.76. The average Bonchev–Trinajstić information content (AvgIpc) is 2.94. The maximum absolute atomic E-state index is 14.8. The van der Waals surface area contributed by atoms with Gasteiger partial charge in [0.15, 0.2) is 0 Å². The number of anilines is 1. The largest absolute Gasteiger partial charge is 0.481 e. The Hall–Kier alpha value is -3.28. The number of hydrogen-bond donors (Lipinski definition) is 1. The van der Waals surface area contributed by atoms with Crippen LogP contribution in [0.2, 0.25) is 0 Å². The molecule has 0 aliphatic carbocycles. The zero-order valence-corrected chi connectivity index (χ0v) is 18.4. The highest BCUT2D eigenvalue weighted by atomic mass is 19.1. The highest BCUT2D eigenvalue weighted by Crippen LogP contribution is 2.49. The number of aliphatic imine (C=N–C) groups is 1. The van der Waals surface area contributed by atoms with Crippen LogP contribution < -0.4 is 4.90 Å². The number of para-hydroxylation sites is 1. The maximum atomic E-state index is 14.8. The number of carboxylic acids is 1. The van der Waals surface area contributed by atoms with Crippen LogP contribution in [0.5, 0.6) is 0 Å². The van der Waals surface area contributed by atoms with E-state index in [1.165, 1.54) is 6.07 Å². The minimum atomic E-state index is -0.815. The van der Waals surface area contributed by atoms with Gasteiger partial charge in [-0.05, 0) is 43.2 Å². The zero-order chi connectivity index (χ0) is 23.1. The molecule has 1 aliphatic rings. The lowest BCUT2D eigenvalue weighted by atomic mass is 9.83. The fourth-order valence-electron chi connectivity index (χ4n) is 4.09. The summed E-state index contributed by atoms with van der Waals surface area (Å²) >= 11 is 0. The Morgan fingerprint density at radius 1 is 1.09 bits per heavy atom. The summed E-state index contributed by atoms with van der Waals surface area (Å²) in [6.45, 7) is 4.40. The molecule has 1 heterocycles. The molecule has 0 amide bonds. The molecule has 0 bridgehead atoms. The first-order valence-electron chi connectivity index (χ1n) is 10.8. The Kier molecular flexibility index (Phi) is 7.57. The van der Waals surface area contributed by atoms with E-state index in [0.717, 1.165) is 30.3 Å². The van der Waals surface area contributed by atoms with Crippen molar-refractivity contribution in [1.29, 1.82) is 0 Å². The molecule has 0 radical (unpaired) electrons. The van der Waals surface area contributed by atoms with Gasteiger partial charge in [-0.25, -0.2) is 8.78 Å². The van der Waals surface area contributed by atoms with Crippen molar-refractivity contribution < 1.29 is 18.7 Å². The molecule has 0 fully saturated rings. The Balaban J connectivity index is 1.83. The zero-order valence-electron chi connectivity index (χ0n) is 18.4. The van der Waals surface area contributed by atoms with Crippen molar-refractivity contribution >= 4 is 23.6 Å². The van der Waals surface area contributed by atoms with E-state index >= 15 is 0 Å². The third-order valence-electron chi connectivity index (χ3n) is 5.58. The molecule has 0 unspecified atom stereocenters. The van der Waals surface area contributed by atoms with Gasteiger partial charge >= 0.3 is 5.97 Å². The molecule has 2 aromatic carbocycles. The molecule has 168 valence electrons. The summed E-state index contributed by atoms with van der Waals surface area (Å²) in [5.74, 6) is -1.98. The average molecular weight is 439 g/mol. The lowest BCUT2D eigenvalue weighted by Gasteiger charge is -2.27. The fourth-order valence-corrected chi connectivity index (χ4v) is 4.09. The number of aliphatic carboxylic acids is 1. The molecule has 1 aliphatic heterocycles. The summed E-state index contributed by atoms with van der Waals surface area (Å²) in [5, 5.41) is 8.82. The molecule has 6 heteroatoms. The molecule has 4 nitrogen and oxygen atoms in total. The quantitative estimate of drug-likeness (QED) is 0.357. The Morgan fingerprint density at radius 3 is 2.56 bits per heavy atom. The van der Waals surface area contributed by atoms with Crippen molar-refractivity contribution in [3.63, 3.8) is 0 Å². The molecule has 32 heavy (non-hydrogen) atoms. The molecule has 0 saturated carbocycles. The standard InChI is InChI=1S/C26H28F2N2O2/c1-26(2)23(13-8-9-15-29-20-11-5-3-6-12-20)30(16-10-4-7-14-24(31)32)22-18-19(27)17-21(28)25(22)26/h3,5-6,8-9,11-13,15,17-18H,4,7,10,14,16H2,1-2H3,(H,31,32)/b9-8+,23-13+,29-15+. The van der Waals surface area contributed by atoms with E-state index in [9.17, 15) is 13.6 Å². The maximum Gasteiger partial charge on any atom is 0.303 e. The van der Waals surface area contributed by atoms with Crippen molar-refractivity contribution in [3.8, 4) is 0 Å². The number of carbonyl (C=O) groups is 1. The normalized spacial score (nSPS) is 16.4.